The third kappa shape index (κ3) is 2.78. The minimum absolute atomic E-state index is 0.117. The molecule has 0 spiro atoms. The Morgan fingerprint density at radius 3 is 2.78 bits per heavy atom. The van der Waals surface area contributed by atoms with Crippen molar-refractivity contribution in [3.8, 4) is 0 Å². The van der Waals surface area contributed by atoms with E-state index in [1.54, 1.807) is 17.4 Å². The molecular formula is C21H19N3OS2. The van der Waals surface area contributed by atoms with E-state index in [-0.39, 0.29) is 10.8 Å². The Bertz CT molecular complexity index is 1250. The summed E-state index contributed by atoms with van der Waals surface area (Å²) in [6, 6.07) is 9.51. The number of nitrogens with zero attached hydrogens (tertiary/aromatic N) is 2. The molecule has 1 aliphatic rings. The first-order valence-corrected chi connectivity index (χ1v) is 10.4. The molecule has 1 atom stereocenters. The van der Waals surface area contributed by atoms with Crippen LogP contribution in [0.3, 0.4) is 0 Å². The van der Waals surface area contributed by atoms with Crippen LogP contribution in [-0.2, 0) is 0 Å². The zero-order chi connectivity index (χ0) is 18.7. The number of para-hydroxylation sites is 1. The average Bonchev–Trinajstić information content (AvgIpc) is 3.46. The zero-order valence-corrected chi connectivity index (χ0v) is 16.8. The first-order chi connectivity index (χ1) is 13.0. The van der Waals surface area contributed by atoms with Crippen molar-refractivity contribution in [1.29, 1.82) is 0 Å². The van der Waals surface area contributed by atoms with Gasteiger partial charge in [0.1, 0.15) is 10.7 Å². The molecule has 1 aromatic carbocycles. The van der Waals surface area contributed by atoms with Gasteiger partial charge in [-0.25, -0.2) is 9.97 Å². The highest BCUT2D eigenvalue weighted by molar-refractivity contribution is 7.80. The highest BCUT2D eigenvalue weighted by atomic mass is 32.1. The van der Waals surface area contributed by atoms with E-state index in [1.807, 2.05) is 24.3 Å². The molecule has 27 heavy (non-hydrogen) atoms. The van der Waals surface area contributed by atoms with Crippen molar-refractivity contribution >= 4 is 45.1 Å². The smallest absolute Gasteiger partial charge is 0.248 e. The minimum Gasteiger partial charge on any atom is -0.322 e. The standard InChI is InChI=1S/C21H19N3OS2/c1-10-11(2)27-21-17(10)18(23-20(24-21)12-7-8-12)19(26)14-9-16(25)22-15-6-4-3-5-13(14)15/h3-6,9,12,19,26H,7-8H2,1-2H3,(H,22,25). The quantitative estimate of drug-likeness (QED) is 0.479. The van der Waals surface area contributed by atoms with Crippen LogP contribution in [0, 0.1) is 13.8 Å². The van der Waals surface area contributed by atoms with Gasteiger partial charge in [-0.3, -0.25) is 4.79 Å². The van der Waals surface area contributed by atoms with E-state index in [1.165, 1.54) is 10.4 Å². The predicted octanol–water partition coefficient (Wildman–Crippen LogP) is 5.05. The van der Waals surface area contributed by atoms with Crippen LogP contribution in [0.25, 0.3) is 21.1 Å². The number of aryl methyl sites for hydroxylation is 2. The van der Waals surface area contributed by atoms with E-state index in [2.05, 4.69) is 18.8 Å². The maximum Gasteiger partial charge on any atom is 0.248 e. The number of H-pyrrole nitrogens is 1. The Labute approximate surface area is 166 Å². The number of pyridine rings is 1. The zero-order valence-electron chi connectivity index (χ0n) is 15.1. The predicted molar refractivity (Wildman–Crippen MR) is 114 cm³/mol. The molecule has 1 fully saturated rings. The lowest BCUT2D eigenvalue weighted by atomic mass is 10.0. The van der Waals surface area contributed by atoms with Crippen LogP contribution in [0.1, 0.15) is 51.5 Å². The number of thiol groups is 1. The summed E-state index contributed by atoms with van der Waals surface area (Å²) in [7, 11) is 0. The average molecular weight is 394 g/mol. The molecule has 0 radical (unpaired) electrons. The monoisotopic (exact) mass is 393 g/mol. The van der Waals surface area contributed by atoms with Crippen molar-refractivity contribution in [3.63, 3.8) is 0 Å². The number of aromatic amines is 1. The number of nitrogens with one attached hydrogen (secondary N) is 1. The number of fused-ring (bicyclic) bond motifs is 2. The first kappa shape index (κ1) is 17.0. The molecule has 1 aliphatic carbocycles. The molecule has 0 bridgehead atoms. The second kappa shape index (κ2) is 6.17. The van der Waals surface area contributed by atoms with Gasteiger partial charge in [0, 0.05) is 33.2 Å². The largest absolute Gasteiger partial charge is 0.322 e. The fraction of sp³-hybridized carbons (Fsp3) is 0.286. The molecule has 0 aliphatic heterocycles. The SMILES string of the molecule is Cc1sc2nc(C3CC3)nc(C(S)c3cc(=O)[nH]c4ccccc34)c2c1C. The molecule has 0 saturated heterocycles. The lowest BCUT2D eigenvalue weighted by Crippen LogP contribution is -2.10. The van der Waals surface area contributed by atoms with E-state index in [0.29, 0.717) is 5.92 Å². The van der Waals surface area contributed by atoms with Crippen LogP contribution in [-0.4, -0.2) is 15.0 Å². The van der Waals surface area contributed by atoms with Crippen molar-refractivity contribution in [2.75, 3.05) is 0 Å². The summed E-state index contributed by atoms with van der Waals surface area (Å²) in [4.78, 5) is 27.2. The minimum atomic E-state index is -0.284. The van der Waals surface area contributed by atoms with E-state index < -0.39 is 0 Å². The van der Waals surface area contributed by atoms with Gasteiger partial charge in [0.2, 0.25) is 5.56 Å². The summed E-state index contributed by atoms with van der Waals surface area (Å²) in [5.74, 6) is 1.39. The van der Waals surface area contributed by atoms with Crippen molar-refractivity contribution < 1.29 is 0 Å². The van der Waals surface area contributed by atoms with Crippen LogP contribution in [0.2, 0.25) is 0 Å². The normalized spacial score (nSPS) is 15.5. The molecule has 5 rings (SSSR count). The van der Waals surface area contributed by atoms with Crippen molar-refractivity contribution in [2.24, 2.45) is 0 Å². The summed E-state index contributed by atoms with van der Waals surface area (Å²) >= 11 is 6.68. The van der Waals surface area contributed by atoms with Crippen molar-refractivity contribution in [3.05, 3.63) is 68.2 Å². The Balaban J connectivity index is 1.79. The molecule has 3 heterocycles. The summed E-state index contributed by atoms with van der Waals surface area (Å²) in [6.07, 6.45) is 2.30. The van der Waals surface area contributed by atoms with Gasteiger partial charge in [0.25, 0.3) is 0 Å². The fourth-order valence-electron chi connectivity index (χ4n) is 3.62. The third-order valence-corrected chi connectivity index (χ3v) is 6.98. The van der Waals surface area contributed by atoms with Gasteiger partial charge in [-0.2, -0.15) is 12.6 Å². The summed E-state index contributed by atoms with van der Waals surface area (Å²) in [5.41, 5.74) is 3.73. The van der Waals surface area contributed by atoms with Gasteiger partial charge in [-0.1, -0.05) is 18.2 Å². The molecule has 0 amide bonds. The van der Waals surface area contributed by atoms with Crippen LogP contribution >= 0.6 is 24.0 Å². The highest BCUT2D eigenvalue weighted by Gasteiger charge is 2.30. The molecule has 4 nitrogen and oxygen atoms in total. The van der Waals surface area contributed by atoms with Crippen LogP contribution in [0.4, 0.5) is 0 Å². The number of aromatic nitrogens is 3. The Hall–Kier alpha value is -2.18. The van der Waals surface area contributed by atoms with Gasteiger partial charge in [0.15, 0.2) is 0 Å². The lowest BCUT2D eigenvalue weighted by molar-refractivity contribution is 0.910. The van der Waals surface area contributed by atoms with Crippen molar-refractivity contribution in [1.82, 2.24) is 15.0 Å². The Kier molecular flexibility index (Phi) is 3.88. The summed E-state index contributed by atoms with van der Waals surface area (Å²) in [5, 5.41) is 1.81. The molecule has 6 heteroatoms. The number of rotatable bonds is 3. The topological polar surface area (TPSA) is 58.6 Å². The van der Waals surface area contributed by atoms with E-state index in [0.717, 1.165) is 51.0 Å². The van der Waals surface area contributed by atoms with Crippen LogP contribution in [0.15, 0.2) is 35.1 Å². The molecule has 3 aromatic heterocycles. The summed E-state index contributed by atoms with van der Waals surface area (Å²) < 4.78 is 0. The number of hydrogen-bond acceptors (Lipinski definition) is 5. The Morgan fingerprint density at radius 2 is 2.00 bits per heavy atom. The molecule has 1 unspecified atom stereocenters. The van der Waals surface area contributed by atoms with E-state index in [9.17, 15) is 4.79 Å². The molecule has 136 valence electrons. The van der Waals surface area contributed by atoms with Crippen LogP contribution < -0.4 is 5.56 Å². The number of benzene rings is 1. The van der Waals surface area contributed by atoms with Crippen LogP contribution in [0.5, 0.6) is 0 Å². The first-order valence-electron chi connectivity index (χ1n) is 9.10. The number of hydrogen-bond donors (Lipinski definition) is 2. The van der Waals surface area contributed by atoms with Gasteiger partial charge in [-0.05, 0) is 43.9 Å². The van der Waals surface area contributed by atoms with Gasteiger partial charge in [0.05, 0.1) is 10.9 Å². The third-order valence-electron chi connectivity index (χ3n) is 5.35. The van der Waals surface area contributed by atoms with Gasteiger partial charge < -0.3 is 4.98 Å². The summed E-state index contributed by atoms with van der Waals surface area (Å²) in [6.45, 7) is 4.24. The fourth-order valence-corrected chi connectivity index (χ4v) is 5.07. The Morgan fingerprint density at radius 1 is 1.22 bits per heavy atom. The highest BCUT2D eigenvalue weighted by Crippen LogP contribution is 2.43. The second-order valence-corrected chi connectivity index (χ2v) is 8.96. The maximum absolute atomic E-state index is 12.2. The molecule has 4 aromatic rings. The van der Waals surface area contributed by atoms with Crippen molar-refractivity contribution in [2.45, 2.75) is 37.9 Å². The molecule has 1 N–H and O–H groups in total. The maximum atomic E-state index is 12.2. The molecule has 1 saturated carbocycles. The van der Waals surface area contributed by atoms with E-state index in [4.69, 9.17) is 22.6 Å². The van der Waals surface area contributed by atoms with Gasteiger partial charge in [-0.15, -0.1) is 11.3 Å². The lowest BCUT2D eigenvalue weighted by Gasteiger charge is -2.16. The van der Waals surface area contributed by atoms with Gasteiger partial charge >= 0.3 is 0 Å². The molecular weight excluding hydrogens is 374 g/mol. The van der Waals surface area contributed by atoms with E-state index >= 15 is 0 Å². The second-order valence-electron chi connectivity index (χ2n) is 7.24. The number of thiophene rings is 1.